The predicted octanol–water partition coefficient (Wildman–Crippen LogP) is -0.961. The number of carbonyl (C=O) groups excluding carboxylic acids is 2. The second kappa shape index (κ2) is 3.19. The quantitative estimate of drug-likeness (QED) is 0.541. The van der Waals surface area contributed by atoms with Crippen LogP contribution in [0.15, 0.2) is 6.20 Å². The van der Waals surface area contributed by atoms with E-state index in [0.29, 0.717) is 17.3 Å². The Morgan fingerprint density at radius 3 is 3.00 bits per heavy atom. The molecule has 7 nitrogen and oxygen atoms in total. The highest BCUT2D eigenvalue weighted by atomic mass is 16.2. The summed E-state index contributed by atoms with van der Waals surface area (Å²) in [5, 5.41) is 5.20. The number of fused-ring (bicyclic) bond motifs is 1. The van der Waals surface area contributed by atoms with Crippen molar-refractivity contribution in [2.45, 2.75) is 5.92 Å². The van der Waals surface area contributed by atoms with Crippen LogP contribution in [-0.2, 0) is 9.59 Å². The number of amides is 2. The maximum absolute atomic E-state index is 11.4. The Morgan fingerprint density at radius 1 is 1.67 bits per heavy atom. The number of nitrogens with two attached hydrogens (primary N) is 1. The van der Waals surface area contributed by atoms with Crippen LogP contribution < -0.4 is 16.4 Å². The molecule has 4 N–H and O–H groups in total. The van der Waals surface area contributed by atoms with E-state index in [2.05, 4.69) is 20.6 Å². The smallest absolute Gasteiger partial charge is 0.242 e. The normalized spacial score (nSPS) is 18.2. The number of rotatable bonds is 2. The van der Waals surface area contributed by atoms with Gasteiger partial charge >= 0.3 is 0 Å². The molecule has 78 valence electrons. The highest BCUT2D eigenvalue weighted by molar-refractivity contribution is 6.15. The second-order valence-electron chi connectivity index (χ2n) is 3.07. The molecule has 7 heteroatoms. The van der Waals surface area contributed by atoms with Crippen molar-refractivity contribution in [3.8, 4) is 0 Å². The molecule has 1 aliphatic rings. The fourth-order valence-electron chi connectivity index (χ4n) is 1.44. The van der Waals surface area contributed by atoms with E-state index in [9.17, 15) is 9.59 Å². The third-order valence-electron chi connectivity index (χ3n) is 2.14. The molecule has 1 unspecified atom stereocenters. The molecule has 1 aromatic rings. The Kier molecular flexibility index (Phi) is 2.00. The van der Waals surface area contributed by atoms with E-state index >= 15 is 0 Å². The molecule has 2 amide bonds. The SMILES string of the molecule is CNc1ncc2c(n1)NC(=O)C2C(N)=O. The first kappa shape index (κ1) is 9.38. The van der Waals surface area contributed by atoms with E-state index in [-0.39, 0.29) is 0 Å². The van der Waals surface area contributed by atoms with Crippen LogP contribution in [-0.4, -0.2) is 28.8 Å². The summed E-state index contributed by atoms with van der Waals surface area (Å²) in [7, 11) is 1.66. The summed E-state index contributed by atoms with van der Waals surface area (Å²) in [6.07, 6.45) is 1.42. The molecule has 0 saturated heterocycles. The lowest BCUT2D eigenvalue weighted by atomic mass is 10.0. The van der Waals surface area contributed by atoms with Gasteiger partial charge < -0.3 is 16.4 Å². The first-order valence-electron chi connectivity index (χ1n) is 4.28. The largest absolute Gasteiger partial charge is 0.369 e. The lowest BCUT2D eigenvalue weighted by molar-refractivity contribution is -0.126. The maximum atomic E-state index is 11.4. The van der Waals surface area contributed by atoms with Crippen molar-refractivity contribution in [1.82, 2.24) is 9.97 Å². The van der Waals surface area contributed by atoms with E-state index in [1.165, 1.54) is 6.20 Å². The maximum Gasteiger partial charge on any atom is 0.242 e. The first-order valence-corrected chi connectivity index (χ1v) is 4.28. The molecule has 2 heterocycles. The highest BCUT2D eigenvalue weighted by Gasteiger charge is 2.36. The Hall–Kier alpha value is -2.18. The van der Waals surface area contributed by atoms with E-state index < -0.39 is 17.7 Å². The van der Waals surface area contributed by atoms with Crippen molar-refractivity contribution < 1.29 is 9.59 Å². The van der Waals surface area contributed by atoms with Crippen molar-refractivity contribution in [1.29, 1.82) is 0 Å². The van der Waals surface area contributed by atoms with Crippen molar-refractivity contribution in [2.75, 3.05) is 17.7 Å². The topological polar surface area (TPSA) is 110 Å². The van der Waals surface area contributed by atoms with Gasteiger partial charge in [0.15, 0.2) is 0 Å². The van der Waals surface area contributed by atoms with Crippen molar-refractivity contribution in [3.05, 3.63) is 11.8 Å². The third kappa shape index (κ3) is 1.37. The lowest BCUT2D eigenvalue weighted by Gasteiger charge is -2.03. The lowest BCUT2D eigenvalue weighted by Crippen LogP contribution is -2.27. The minimum absolute atomic E-state index is 0.336. The minimum atomic E-state index is -0.981. The Bertz CT molecular complexity index is 445. The van der Waals surface area contributed by atoms with Gasteiger partial charge in [0.25, 0.3) is 0 Å². The summed E-state index contributed by atoms with van der Waals surface area (Å²) >= 11 is 0. The van der Waals surface area contributed by atoms with Gasteiger partial charge in [-0.15, -0.1) is 0 Å². The molecule has 1 aliphatic heterocycles. The van der Waals surface area contributed by atoms with Crippen LogP contribution in [0.4, 0.5) is 11.8 Å². The van der Waals surface area contributed by atoms with Crippen LogP contribution >= 0.6 is 0 Å². The molecule has 0 aromatic carbocycles. The zero-order valence-corrected chi connectivity index (χ0v) is 7.94. The number of nitrogens with one attached hydrogen (secondary N) is 2. The molecule has 0 fully saturated rings. The third-order valence-corrected chi connectivity index (χ3v) is 2.14. The Labute approximate surface area is 85.1 Å². The van der Waals surface area contributed by atoms with Gasteiger partial charge in [-0.2, -0.15) is 4.98 Å². The molecule has 2 rings (SSSR count). The van der Waals surface area contributed by atoms with Crippen LogP contribution in [0, 0.1) is 0 Å². The van der Waals surface area contributed by atoms with Crippen molar-refractivity contribution in [2.24, 2.45) is 5.73 Å². The molecule has 0 saturated carbocycles. The average molecular weight is 207 g/mol. The number of hydrogen-bond acceptors (Lipinski definition) is 5. The number of hydrogen-bond donors (Lipinski definition) is 3. The number of primary amides is 1. The molecule has 0 radical (unpaired) electrons. The summed E-state index contributed by atoms with van der Waals surface area (Å²) in [5.74, 6) is -1.43. The highest BCUT2D eigenvalue weighted by Crippen LogP contribution is 2.30. The predicted molar refractivity (Wildman–Crippen MR) is 52.1 cm³/mol. The fourth-order valence-corrected chi connectivity index (χ4v) is 1.44. The van der Waals surface area contributed by atoms with E-state index in [1.54, 1.807) is 7.05 Å². The van der Waals surface area contributed by atoms with Crippen molar-refractivity contribution in [3.63, 3.8) is 0 Å². The van der Waals surface area contributed by atoms with E-state index in [0.717, 1.165) is 0 Å². The molecular formula is C8H9N5O2. The summed E-state index contributed by atoms with van der Waals surface area (Å²) in [5.41, 5.74) is 5.53. The molecule has 0 spiro atoms. The van der Waals surface area contributed by atoms with Crippen molar-refractivity contribution >= 4 is 23.6 Å². The molecule has 0 aliphatic carbocycles. The van der Waals surface area contributed by atoms with Gasteiger partial charge in [0, 0.05) is 18.8 Å². The summed E-state index contributed by atoms with van der Waals surface area (Å²) < 4.78 is 0. The van der Waals surface area contributed by atoms with Gasteiger partial charge in [-0.1, -0.05) is 0 Å². The van der Waals surface area contributed by atoms with Gasteiger partial charge in [-0.05, 0) is 0 Å². The molecule has 1 atom stereocenters. The van der Waals surface area contributed by atoms with Gasteiger partial charge in [0.1, 0.15) is 11.7 Å². The zero-order valence-electron chi connectivity index (χ0n) is 7.94. The summed E-state index contributed by atoms with van der Waals surface area (Å²) in [4.78, 5) is 30.3. The average Bonchev–Trinajstić information content (AvgIpc) is 2.52. The summed E-state index contributed by atoms with van der Waals surface area (Å²) in [6.45, 7) is 0. The number of aromatic nitrogens is 2. The zero-order chi connectivity index (χ0) is 11.0. The minimum Gasteiger partial charge on any atom is -0.369 e. The van der Waals surface area contributed by atoms with E-state index in [1.807, 2.05) is 0 Å². The van der Waals surface area contributed by atoms with Crippen LogP contribution in [0.3, 0.4) is 0 Å². The molecule has 0 bridgehead atoms. The van der Waals surface area contributed by atoms with Crippen LogP contribution in [0.2, 0.25) is 0 Å². The Balaban J connectivity index is 2.47. The second-order valence-corrected chi connectivity index (χ2v) is 3.07. The van der Waals surface area contributed by atoms with Gasteiger partial charge in [0.2, 0.25) is 17.8 Å². The van der Waals surface area contributed by atoms with Crippen LogP contribution in [0.5, 0.6) is 0 Å². The van der Waals surface area contributed by atoms with Gasteiger partial charge in [-0.25, -0.2) is 4.98 Å². The van der Waals surface area contributed by atoms with Gasteiger partial charge in [-0.3, -0.25) is 9.59 Å². The van der Waals surface area contributed by atoms with Crippen LogP contribution in [0.25, 0.3) is 0 Å². The van der Waals surface area contributed by atoms with E-state index in [4.69, 9.17) is 5.73 Å². The summed E-state index contributed by atoms with van der Waals surface area (Å²) in [6, 6.07) is 0. The number of nitrogens with zero attached hydrogens (tertiary/aromatic N) is 2. The standard InChI is InChI=1S/C8H9N5O2/c1-10-8-11-2-3-4(5(9)14)7(15)12-6(3)13-8/h2,4H,1H3,(H2,9,14)(H2,10,11,12,13,15). The molecule has 15 heavy (non-hydrogen) atoms. The van der Waals surface area contributed by atoms with Gasteiger partial charge in [0.05, 0.1) is 0 Å². The van der Waals surface area contributed by atoms with Crippen LogP contribution in [0.1, 0.15) is 11.5 Å². The fraction of sp³-hybridized carbons (Fsp3) is 0.250. The monoisotopic (exact) mass is 207 g/mol. The number of carbonyl (C=O) groups is 2. The molecular weight excluding hydrogens is 198 g/mol. The Morgan fingerprint density at radius 2 is 2.40 bits per heavy atom. The first-order chi connectivity index (χ1) is 7.13. The number of anilines is 2. The molecule has 1 aromatic heterocycles.